The van der Waals surface area contributed by atoms with Gasteiger partial charge >= 0.3 is 16.4 Å². The zero-order valence-electron chi connectivity index (χ0n) is 20.6. The normalized spacial score (nSPS) is 35.5. The third-order valence-electron chi connectivity index (χ3n) is 5.94. The molecule has 0 aromatic rings. The molecular formula is C20H35NO17S. The minimum absolute atomic E-state index is 0.00447. The standard InChI is InChI=1S/C20H35NO17S/c22-7-10-14(27)18(34-8-12(24)25)17(30)20(37-10)38-19-16(29)15(28)13(26)9(36-19)6-21-11(23)4-2-1-3-5-35-39(31,32)33/h9-10,13-20,22,26-30H,1-8H2,(H,21,23)(H,24,25)(H,31,32,33)/t9-,10-,13-,14+,15+,16+,17-,18+,19-,20+/m1/s1. The monoisotopic (exact) mass is 593 g/mol. The number of ether oxygens (including phenoxy) is 4. The molecule has 2 aliphatic heterocycles. The van der Waals surface area contributed by atoms with Crippen LogP contribution in [0.4, 0.5) is 0 Å². The average Bonchev–Trinajstić information content (AvgIpc) is 2.86. The number of carbonyl (C=O) groups excluding carboxylic acids is 1. The van der Waals surface area contributed by atoms with Gasteiger partial charge in [-0.15, -0.1) is 0 Å². The number of rotatable bonds is 15. The molecule has 0 spiro atoms. The maximum atomic E-state index is 12.1. The van der Waals surface area contributed by atoms with E-state index in [4.69, 9.17) is 28.6 Å². The first-order chi connectivity index (χ1) is 18.2. The number of carboxylic acids is 1. The number of unbranched alkanes of at least 4 members (excludes halogenated alkanes) is 2. The van der Waals surface area contributed by atoms with Gasteiger partial charge in [-0.3, -0.25) is 9.35 Å². The molecule has 2 aliphatic rings. The van der Waals surface area contributed by atoms with E-state index >= 15 is 0 Å². The second-order valence-electron chi connectivity index (χ2n) is 8.89. The molecule has 0 aliphatic carbocycles. The summed E-state index contributed by atoms with van der Waals surface area (Å²) in [6, 6.07) is 0. The van der Waals surface area contributed by atoms with Gasteiger partial charge in [0.2, 0.25) is 5.91 Å². The smallest absolute Gasteiger partial charge is 0.397 e. The minimum atomic E-state index is -4.53. The highest BCUT2D eigenvalue weighted by Crippen LogP contribution is 2.29. The van der Waals surface area contributed by atoms with E-state index in [0.29, 0.717) is 12.8 Å². The lowest BCUT2D eigenvalue weighted by molar-refractivity contribution is -0.376. The molecule has 2 rings (SSSR count). The molecule has 9 N–H and O–H groups in total. The fraction of sp³-hybridized carbons (Fsp3) is 0.900. The Kier molecular flexibility index (Phi) is 13.3. The van der Waals surface area contributed by atoms with Crippen molar-refractivity contribution in [1.29, 1.82) is 0 Å². The van der Waals surface area contributed by atoms with Crippen LogP contribution in [0.2, 0.25) is 0 Å². The fourth-order valence-electron chi connectivity index (χ4n) is 3.89. The maximum absolute atomic E-state index is 12.1. The predicted molar refractivity (Wildman–Crippen MR) is 122 cm³/mol. The highest BCUT2D eigenvalue weighted by molar-refractivity contribution is 7.80. The van der Waals surface area contributed by atoms with E-state index in [9.17, 15) is 48.6 Å². The van der Waals surface area contributed by atoms with Crippen molar-refractivity contribution >= 4 is 22.3 Å². The highest BCUT2D eigenvalue weighted by atomic mass is 32.3. The summed E-state index contributed by atoms with van der Waals surface area (Å²) < 4.78 is 54.7. The molecule has 0 unspecified atom stereocenters. The van der Waals surface area contributed by atoms with E-state index in [1.165, 1.54) is 0 Å². The fourth-order valence-corrected chi connectivity index (χ4v) is 4.22. The van der Waals surface area contributed by atoms with Crippen molar-refractivity contribution in [3.05, 3.63) is 0 Å². The maximum Gasteiger partial charge on any atom is 0.397 e. The Hall–Kier alpha value is -1.59. The van der Waals surface area contributed by atoms with Crippen molar-refractivity contribution in [3.63, 3.8) is 0 Å². The van der Waals surface area contributed by atoms with Crippen molar-refractivity contribution in [2.24, 2.45) is 0 Å². The van der Waals surface area contributed by atoms with E-state index in [2.05, 4.69) is 9.50 Å². The van der Waals surface area contributed by atoms with Gasteiger partial charge in [-0.05, 0) is 12.8 Å². The first-order valence-electron chi connectivity index (χ1n) is 11.9. The van der Waals surface area contributed by atoms with Crippen LogP contribution in [-0.2, 0) is 43.1 Å². The molecule has 1 amide bonds. The topological polar surface area (TPSA) is 288 Å². The van der Waals surface area contributed by atoms with Crippen LogP contribution >= 0.6 is 0 Å². The molecule has 0 radical (unpaired) electrons. The molecule has 2 saturated heterocycles. The molecule has 228 valence electrons. The van der Waals surface area contributed by atoms with E-state index in [0.717, 1.165) is 0 Å². The number of aliphatic hydroxyl groups is 6. The second kappa shape index (κ2) is 15.4. The van der Waals surface area contributed by atoms with Crippen LogP contribution in [-0.4, -0.2) is 148 Å². The van der Waals surface area contributed by atoms with Gasteiger partial charge in [-0.1, -0.05) is 6.42 Å². The molecule has 0 saturated carbocycles. The Labute approximate surface area is 222 Å². The SMILES string of the molecule is O=C(O)CO[C@H]1[C@@H](O)[C@@H](CO)O[C@@H](O[C@H]2O[C@H](CNC(=O)CCCCCOS(=O)(=O)O)[C@@H](O)[C@H](O)[C@@H]2O)[C@@H]1O. The lowest BCUT2D eigenvalue weighted by atomic mass is 9.97. The van der Waals surface area contributed by atoms with E-state index < -0.39 is 96.9 Å². The van der Waals surface area contributed by atoms with Gasteiger partial charge in [0.1, 0.15) is 55.4 Å². The van der Waals surface area contributed by atoms with Crippen LogP contribution in [0.3, 0.4) is 0 Å². The Morgan fingerprint density at radius 3 is 2.10 bits per heavy atom. The Balaban J connectivity index is 1.91. The Bertz CT molecular complexity index is 889. The summed E-state index contributed by atoms with van der Waals surface area (Å²) in [5.41, 5.74) is 0. The number of hydrogen-bond donors (Lipinski definition) is 9. The highest BCUT2D eigenvalue weighted by Gasteiger charge is 2.50. The minimum Gasteiger partial charge on any atom is -0.480 e. The molecule has 2 fully saturated rings. The quantitative estimate of drug-likeness (QED) is 0.0636. The van der Waals surface area contributed by atoms with Crippen LogP contribution < -0.4 is 5.32 Å². The van der Waals surface area contributed by atoms with Crippen LogP contribution in [0.25, 0.3) is 0 Å². The van der Waals surface area contributed by atoms with Crippen molar-refractivity contribution in [1.82, 2.24) is 5.32 Å². The van der Waals surface area contributed by atoms with Crippen LogP contribution in [0.1, 0.15) is 25.7 Å². The molecule has 0 aromatic heterocycles. The number of carbonyl (C=O) groups is 2. The summed E-state index contributed by atoms with van der Waals surface area (Å²) in [6.07, 6.45) is -15.6. The molecule has 0 aromatic carbocycles. The lowest BCUT2D eigenvalue weighted by Crippen LogP contribution is -2.64. The first-order valence-corrected chi connectivity index (χ1v) is 13.3. The largest absolute Gasteiger partial charge is 0.480 e. The summed E-state index contributed by atoms with van der Waals surface area (Å²) in [7, 11) is -4.53. The number of amides is 1. The molecule has 0 bridgehead atoms. The van der Waals surface area contributed by atoms with Gasteiger partial charge in [-0.25, -0.2) is 8.98 Å². The van der Waals surface area contributed by atoms with Gasteiger partial charge in [0.15, 0.2) is 12.6 Å². The number of aliphatic carboxylic acids is 1. The Morgan fingerprint density at radius 2 is 1.49 bits per heavy atom. The van der Waals surface area contributed by atoms with Gasteiger partial charge in [0.25, 0.3) is 0 Å². The number of carboxylic acid groups (broad SMARTS) is 1. The van der Waals surface area contributed by atoms with Gasteiger partial charge in [0.05, 0.1) is 13.2 Å². The van der Waals surface area contributed by atoms with Gasteiger partial charge < -0.3 is 60.0 Å². The summed E-state index contributed by atoms with van der Waals surface area (Å²) in [5, 5.41) is 72.3. The molecule has 18 nitrogen and oxygen atoms in total. The van der Waals surface area contributed by atoms with E-state index in [1.54, 1.807) is 0 Å². The van der Waals surface area contributed by atoms with Crippen molar-refractivity contribution in [3.8, 4) is 0 Å². The van der Waals surface area contributed by atoms with Crippen LogP contribution in [0.5, 0.6) is 0 Å². The summed E-state index contributed by atoms with van der Waals surface area (Å²) >= 11 is 0. The number of aliphatic hydroxyl groups excluding tert-OH is 6. The first kappa shape index (κ1) is 33.6. The summed E-state index contributed by atoms with van der Waals surface area (Å²) in [4.78, 5) is 22.9. The molecular weight excluding hydrogens is 558 g/mol. The Morgan fingerprint density at radius 1 is 0.846 bits per heavy atom. The van der Waals surface area contributed by atoms with Crippen LogP contribution in [0.15, 0.2) is 0 Å². The molecule has 19 heteroatoms. The lowest BCUT2D eigenvalue weighted by Gasteiger charge is -2.45. The number of nitrogens with one attached hydrogen (secondary N) is 1. The van der Waals surface area contributed by atoms with Crippen LogP contribution in [0, 0.1) is 0 Å². The van der Waals surface area contributed by atoms with Gasteiger partial charge in [0, 0.05) is 13.0 Å². The molecule has 2 heterocycles. The summed E-state index contributed by atoms with van der Waals surface area (Å²) in [5.74, 6) is -1.89. The molecule has 10 atom stereocenters. The number of hydrogen-bond acceptors (Lipinski definition) is 15. The second-order valence-corrected chi connectivity index (χ2v) is 9.98. The van der Waals surface area contributed by atoms with Crippen molar-refractivity contribution in [2.75, 3.05) is 26.4 Å². The zero-order valence-corrected chi connectivity index (χ0v) is 21.4. The van der Waals surface area contributed by atoms with E-state index in [-0.39, 0.29) is 26.0 Å². The third kappa shape index (κ3) is 10.4. The predicted octanol–water partition coefficient (Wildman–Crippen LogP) is -4.78. The van der Waals surface area contributed by atoms with Gasteiger partial charge in [-0.2, -0.15) is 8.42 Å². The van der Waals surface area contributed by atoms with E-state index in [1.807, 2.05) is 0 Å². The average molecular weight is 594 g/mol. The summed E-state index contributed by atoms with van der Waals surface area (Å²) in [6.45, 7) is -2.28. The van der Waals surface area contributed by atoms with Crippen molar-refractivity contribution < 1.29 is 81.4 Å². The molecule has 39 heavy (non-hydrogen) atoms. The third-order valence-corrected chi connectivity index (χ3v) is 6.40. The zero-order chi connectivity index (χ0) is 29.3. The van der Waals surface area contributed by atoms with Crippen molar-refractivity contribution in [2.45, 2.75) is 87.1 Å².